The van der Waals surface area contributed by atoms with E-state index in [9.17, 15) is 4.79 Å². The molecule has 1 amide bonds. The molecule has 0 aliphatic rings. The van der Waals surface area contributed by atoms with Gasteiger partial charge in [0.25, 0.3) is 0 Å². The van der Waals surface area contributed by atoms with Crippen molar-refractivity contribution in [2.75, 3.05) is 5.32 Å². The SMILES string of the molecule is O=C(C=Cc1ccccc1)Nc1nc(-c2ccc[nH]2)cs1. The number of benzene rings is 1. The monoisotopic (exact) mass is 295 g/mol. The van der Waals surface area contributed by atoms with E-state index in [-0.39, 0.29) is 5.91 Å². The standard InChI is InChI=1S/C16H13N3OS/c20-15(9-8-12-5-2-1-3-6-12)19-16-18-14(11-21-16)13-7-4-10-17-13/h1-11,17H,(H,18,19,20). The van der Waals surface area contributed by atoms with E-state index >= 15 is 0 Å². The van der Waals surface area contributed by atoms with Crippen LogP contribution in [-0.4, -0.2) is 15.9 Å². The second-order valence-electron chi connectivity index (χ2n) is 4.35. The van der Waals surface area contributed by atoms with Gasteiger partial charge in [0.05, 0.1) is 11.4 Å². The van der Waals surface area contributed by atoms with Crippen molar-refractivity contribution in [3.63, 3.8) is 0 Å². The van der Waals surface area contributed by atoms with Crippen molar-refractivity contribution in [1.29, 1.82) is 0 Å². The van der Waals surface area contributed by atoms with Crippen LogP contribution in [0.1, 0.15) is 5.56 Å². The van der Waals surface area contributed by atoms with E-state index in [4.69, 9.17) is 0 Å². The molecular weight excluding hydrogens is 282 g/mol. The quantitative estimate of drug-likeness (QED) is 0.719. The summed E-state index contributed by atoms with van der Waals surface area (Å²) in [6.07, 6.45) is 5.12. The number of aromatic nitrogens is 2. The first-order chi connectivity index (χ1) is 10.3. The van der Waals surface area contributed by atoms with Gasteiger partial charge in [0.2, 0.25) is 5.91 Å². The molecule has 2 heterocycles. The van der Waals surface area contributed by atoms with Gasteiger partial charge in [0.1, 0.15) is 0 Å². The summed E-state index contributed by atoms with van der Waals surface area (Å²) in [7, 11) is 0. The molecule has 0 spiro atoms. The fourth-order valence-corrected chi connectivity index (χ4v) is 2.54. The molecule has 0 aliphatic carbocycles. The van der Waals surface area contributed by atoms with Crippen molar-refractivity contribution in [3.05, 3.63) is 65.7 Å². The van der Waals surface area contributed by atoms with Gasteiger partial charge in [-0.25, -0.2) is 4.98 Å². The largest absolute Gasteiger partial charge is 0.360 e. The van der Waals surface area contributed by atoms with Crippen LogP contribution in [0.3, 0.4) is 0 Å². The van der Waals surface area contributed by atoms with Crippen LogP contribution >= 0.6 is 11.3 Å². The van der Waals surface area contributed by atoms with Crippen LogP contribution in [0, 0.1) is 0 Å². The Hall–Kier alpha value is -2.66. The number of rotatable bonds is 4. The van der Waals surface area contributed by atoms with E-state index in [1.807, 2.05) is 54.0 Å². The zero-order chi connectivity index (χ0) is 14.5. The minimum absolute atomic E-state index is 0.189. The highest BCUT2D eigenvalue weighted by Crippen LogP contribution is 2.23. The highest BCUT2D eigenvalue weighted by molar-refractivity contribution is 7.14. The number of H-pyrrole nitrogens is 1. The molecule has 0 unspecified atom stereocenters. The lowest BCUT2D eigenvalue weighted by Crippen LogP contribution is -2.07. The Morgan fingerprint density at radius 1 is 1.19 bits per heavy atom. The van der Waals surface area contributed by atoms with Gasteiger partial charge in [0, 0.05) is 17.7 Å². The van der Waals surface area contributed by atoms with E-state index in [1.165, 1.54) is 17.4 Å². The summed E-state index contributed by atoms with van der Waals surface area (Å²) in [6.45, 7) is 0. The maximum atomic E-state index is 11.8. The summed E-state index contributed by atoms with van der Waals surface area (Å²) in [5.74, 6) is -0.189. The van der Waals surface area contributed by atoms with Gasteiger partial charge in [-0.2, -0.15) is 0 Å². The molecule has 0 saturated heterocycles. The zero-order valence-corrected chi connectivity index (χ0v) is 11.9. The maximum Gasteiger partial charge on any atom is 0.250 e. The normalized spacial score (nSPS) is 10.9. The molecule has 0 radical (unpaired) electrons. The van der Waals surface area contributed by atoms with Crippen molar-refractivity contribution >= 4 is 28.5 Å². The Balaban J connectivity index is 1.64. The molecule has 0 saturated carbocycles. The van der Waals surface area contributed by atoms with Crippen molar-refractivity contribution in [1.82, 2.24) is 9.97 Å². The molecule has 0 aliphatic heterocycles. The Bertz CT molecular complexity index is 745. The summed E-state index contributed by atoms with van der Waals surface area (Å²) in [6, 6.07) is 13.5. The molecule has 2 N–H and O–H groups in total. The van der Waals surface area contributed by atoms with Gasteiger partial charge in [0.15, 0.2) is 5.13 Å². The summed E-state index contributed by atoms with van der Waals surface area (Å²) in [5, 5.41) is 5.25. The third-order valence-electron chi connectivity index (χ3n) is 2.83. The average molecular weight is 295 g/mol. The number of amides is 1. The van der Waals surface area contributed by atoms with Gasteiger partial charge in [-0.1, -0.05) is 30.3 Å². The van der Waals surface area contributed by atoms with Crippen LogP contribution in [0.25, 0.3) is 17.5 Å². The van der Waals surface area contributed by atoms with Crippen molar-refractivity contribution in [3.8, 4) is 11.4 Å². The van der Waals surface area contributed by atoms with Gasteiger partial charge >= 0.3 is 0 Å². The predicted molar refractivity (Wildman–Crippen MR) is 86.0 cm³/mol. The van der Waals surface area contributed by atoms with Crippen molar-refractivity contribution in [2.45, 2.75) is 0 Å². The van der Waals surface area contributed by atoms with Gasteiger partial charge in [-0.15, -0.1) is 11.3 Å². The lowest BCUT2D eigenvalue weighted by molar-refractivity contribution is -0.111. The molecule has 0 atom stereocenters. The number of nitrogens with zero attached hydrogens (tertiary/aromatic N) is 1. The second-order valence-corrected chi connectivity index (χ2v) is 5.21. The molecule has 0 bridgehead atoms. The van der Waals surface area contributed by atoms with Crippen LogP contribution < -0.4 is 5.32 Å². The fraction of sp³-hybridized carbons (Fsp3) is 0. The smallest absolute Gasteiger partial charge is 0.250 e. The molecular formula is C16H13N3OS. The molecule has 5 heteroatoms. The van der Waals surface area contributed by atoms with E-state index in [0.29, 0.717) is 5.13 Å². The van der Waals surface area contributed by atoms with Crippen LogP contribution in [0.4, 0.5) is 5.13 Å². The first-order valence-corrected chi connectivity index (χ1v) is 7.32. The van der Waals surface area contributed by atoms with E-state index in [0.717, 1.165) is 17.0 Å². The minimum Gasteiger partial charge on any atom is -0.360 e. The van der Waals surface area contributed by atoms with E-state index in [1.54, 1.807) is 6.08 Å². The lowest BCUT2D eigenvalue weighted by atomic mass is 10.2. The van der Waals surface area contributed by atoms with Gasteiger partial charge in [-0.05, 0) is 23.8 Å². The number of thiazole rings is 1. The fourth-order valence-electron chi connectivity index (χ4n) is 1.83. The minimum atomic E-state index is -0.189. The highest BCUT2D eigenvalue weighted by atomic mass is 32.1. The first kappa shape index (κ1) is 13.3. The highest BCUT2D eigenvalue weighted by Gasteiger charge is 2.06. The van der Waals surface area contributed by atoms with Gasteiger partial charge < -0.3 is 4.98 Å². The van der Waals surface area contributed by atoms with Crippen molar-refractivity contribution < 1.29 is 4.79 Å². The topological polar surface area (TPSA) is 57.8 Å². The molecule has 104 valence electrons. The predicted octanol–water partition coefficient (Wildman–Crippen LogP) is 3.79. The summed E-state index contributed by atoms with van der Waals surface area (Å²) < 4.78 is 0. The molecule has 2 aromatic heterocycles. The molecule has 3 rings (SSSR count). The number of hydrogen-bond acceptors (Lipinski definition) is 3. The number of hydrogen-bond donors (Lipinski definition) is 2. The number of anilines is 1. The first-order valence-electron chi connectivity index (χ1n) is 6.45. The Morgan fingerprint density at radius 3 is 2.81 bits per heavy atom. The third kappa shape index (κ3) is 3.46. The molecule has 3 aromatic rings. The van der Waals surface area contributed by atoms with Crippen molar-refractivity contribution in [2.24, 2.45) is 0 Å². The Labute approximate surface area is 126 Å². The number of carbonyl (C=O) groups excluding carboxylic acids is 1. The van der Waals surface area contributed by atoms with E-state index < -0.39 is 0 Å². The zero-order valence-electron chi connectivity index (χ0n) is 11.1. The number of carbonyl (C=O) groups is 1. The molecule has 21 heavy (non-hydrogen) atoms. The van der Waals surface area contributed by atoms with Gasteiger partial charge in [-0.3, -0.25) is 10.1 Å². The van der Waals surface area contributed by atoms with E-state index in [2.05, 4.69) is 15.3 Å². The number of aromatic amines is 1. The van der Waals surface area contributed by atoms with Crippen LogP contribution in [0.15, 0.2) is 60.1 Å². The Kier molecular flexibility index (Phi) is 3.93. The lowest BCUT2D eigenvalue weighted by Gasteiger charge is -1.96. The molecule has 1 aromatic carbocycles. The molecule has 4 nitrogen and oxygen atoms in total. The third-order valence-corrected chi connectivity index (χ3v) is 3.59. The average Bonchev–Trinajstić information content (AvgIpc) is 3.17. The number of nitrogens with one attached hydrogen (secondary N) is 2. The second kappa shape index (κ2) is 6.19. The maximum absolute atomic E-state index is 11.8. The van der Waals surface area contributed by atoms with Crippen LogP contribution in [0.5, 0.6) is 0 Å². The summed E-state index contributed by atoms with van der Waals surface area (Å²) >= 11 is 1.40. The summed E-state index contributed by atoms with van der Waals surface area (Å²) in [5.41, 5.74) is 2.75. The molecule has 0 fully saturated rings. The van der Waals surface area contributed by atoms with Crippen LogP contribution in [-0.2, 0) is 4.79 Å². The van der Waals surface area contributed by atoms with Crippen LogP contribution in [0.2, 0.25) is 0 Å². The summed E-state index contributed by atoms with van der Waals surface area (Å²) in [4.78, 5) is 19.3. The Morgan fingerprint density at radius 2 is 2.05 bits per heavy atom.